The molecule has 1 rings (SSSR count). The average Bonchev–Trinajstić information content (AvgIpc) is 2.30. The lowest BCUT2D eigenvalue weighted by atomic mass is 10.2. The second-order valence-electron chi connectivity index (χ2n) is 4.55. The third-order valence-electron chi connectivity index (χ3n) is 2.23. The Morgan fingerprint density at radius 2 is 1.89 bits per heavy atom. The first-order valence-electron chi connectivity index (χ1n) is 5.90. The van der Waals surface area contributed by atoms with E-state index in [-0.39, 0.29) is 11.6 Å². The Balaban J connectivity index is 2.49. The van der Waals surface area contributed by atoms with E-state index in [1.54, 1.807) is 0 Å². The number of amides is 2. The lowest BCUT2D eigenvalue weighted by molar-refractivity contribution is -0.126. The standard InChI is InChI=1S/C13H16F2N2O2/c1-8(2)7-16-12(18)6-13(19)17-11-4-3-9(14)5-10(11)15/h3-5,8H,6-7H2,1-2H3,(H,16,18)(H,17,19). The number of hydrogen-bond acceptors (Lipinski definition) is 2. The highest BCUT2D eigenvalue weighted by atomic mass is 19.1. The molecular formula is C13H16F2N2O2. The van der Waals surface area contributed by atoms with Crippen LogP contribution < -0.4 is 10.6 Å². The highest BCUT2D eigenvalue weighted by Crippen LogP contribution is 2.14. The van der Waals surface area contributed by atoms with Crippen LogP contribution in [0.3, 0.4) is 0 Å². The molecule has 0 saturated heterocycles. The molecule has 0 aromatic heterocycles. The van der Waals surface area contributed by atoms with E-state index in [1.165, 1.54) is 0 Å². The molecule has 0 fully saturated rings. The topological polar surface area (TPSA) is 58.2 Å². The highest BCUT2D eigenvalue weighted by Gasteiger charge is 2.12. The van der Waals surface area contributed by atoms with Crippen molar-refractivity contribution in [1.82, 2.24) is 5.32 Å². The zero-order valence-electron chi connectivity index (χ0n) is 10.8. The highest BCUT2D eigenvalue weighted by molar-refractivity contribution is 6.03. The molecule has 0 radical (unpaired) electrons. The van der Waals surface area contributed by atoms with E-state index in [1.807, 2.05) is 13.8 Å². The molecule has 0 bridgehead atoms. The number of nitrogens with one attached hydrogen (secondary N) is 2. The summed E-state index contributed by atoms with van der Waals surface area (Å²) in [4.78, 5) is 22.8. The van der Waals surface area contributed by atoms with Crippen LogP contribution in [0.2, 0.25) is 0 Å². The van der Waals surface area contributed by atoms with Gasteiger partial charge in [-0.25, -0.2) is 8.78 Å². The predicted molar refractivity (Wildman–Crippen MR) is 67.5 cm³/mol. The monoisotopic (exact) mass is 270 g/mol. The van der Waals surface area contributed by atoms with Crippen molar-refractivity contribution < 1.29 is 18.4 Å². The molecule has 104 valence electrons. The van der Waals surface area contributed by atoms with Gasteiger partial charge in [-0.2, -0.15) is 0 Å². The SMILES string of the molecule is CC(C)CNC(=O)CC(=O)Nc1ccc(F)cc1F. The van der Waals surface area contributed by atoms with Gasteiger partial charge in [0, 0.05) is 12.6 Å². The molecule has 0 aliphatic carbocycles. The van der Waals surface area contributed by atoms with Crippen molar-refractivity contribution in [3.8, 4) is 0 Å². The van der Waals surface area contributed by atoms with E-state index < -0.39 is 29.9 Å². The Morgan fingerprint density at radius 3 is 2.47 bits per heavy atom. The summed E-state index contributed by atoms with van der Waals surface area (Å²) >= 11 is 0. The lowest BCUT2D eigenvalue weighted by Crippen LogP contribution is -2.30. The second-order valence-corrected chi connectivity index (χ2v) is 4.55. The number of carbonyl (C=O) groups excluding carboxylic acids is 2. The molecule has 1 aromatic carbocycles. The van der Waals surface area contributed by atoms with E-state index in [0.717, 1.165) is 12.1 Å². The minimum atomic E-state index is -0.879. The van der Waals surface area contributed by atoms with E-state index in [0.29, 0.717) is 12.6 Å². The molecule has 0 unspecified atom stereocenters. The fourth-order valence-electron chi connectivity index (χ4n) is 1.31. The Labute approximate surface area is 110 Å². The van der Waals surface area contributed by atoms with Crippen molar-refractivity contribution in [1.29, 1.82) is 0 Å². The lowest BCUT2D eigenvalue weighted by Gasteiger charge is -2.08. The first-order chi connectivity index (χ1) is 8.88. The number of rotatable bonds is 5. The maximum absolute atomic E-state index is 13.2. The maximum Gasteiger partial charge on any atom is 0.233 e. The van der Waals surface area contributed by atoms with E-state index in [2.05, 4.69) is 10.6 Å². The van der Waals surface area contributed by atoms with E-state index in [9.17, 15) is 18.4 Å². The van der Waals surface area contributed by atoms with Gasteiger partial charge in [0.2, 0.25) is 11.8 Å². The molecule has 2 amide bonds. The van der Waals surface area contributed by atoms with Gasteiger partial charge in [0.05, 0.1) is 5.69 Å². The fourth-order valence-corrected chi connectivity index (χ4v) is 1.31. The molecule has 1 aromatic rings. The average molecular weight is 270 g/mol. The largest absolute Gasteiger partial charge is 0.355 e. The second kappa shape index (κ2) is 6.82. The van der Waals surface area contributed by atoms with Crippen molar-refractivity contribution >= 4 is 17.5 Å². The predicted octanol–water partition coefficient (Wildman–Crippen LogP) is 2.07. The number of anilines is 1. The molecule has 0 atom stereocenters. The summed E-state index contributed by atoms with van der Waals surface area (Å²) in [6.07, 6.45) is -0.399. The minimum Gasteiger partial charge on any atom is -0.355 e. The zero-order valence-corrected chi connectivity index (χ0v) is 10.8. The fraction of sp³-hybridized carbons (Fsp3) is 0.385. The van der Waals surface area contributed by atoms with Crippen LogP contribution in [0, 0.1) is 17.6 Å². The molecule has 0 saturated carbocycles. The van der Waals surface area contributed by atoms with Crippen molar-refractivity contribution in [2.45, 2.75) is 20.3 Å². The van der Waals surface area contributed by atoms with Crippen molar-refractivity contribution in [2.24, 2.45) is 5.92 Å². The molecule has 19 heavy (non-hydrogen) atoms. The van der Waals surface area contributed by atoms with E-state index in [4.69, 9.17) is 0 Å². The smallest absolute Gasteiger partial charge is 0.233 e. The molecule has 4 nitrogen and oxygen atoms in total. The van der Waals surface area contributed by atoms with Gasteiger partial charge in [0.25, 0.3) is 0 Å². The first-order valence-corrected chi connectivity index (χ1v) is 5.90. The summed E-state index contributed by atoms with van der Waals surface area (Å²) < 4.78 is 25.9. The van der Waals surface area contributed by atoms with Gasteiger partial charge < -0.3 is 10.6 Å². The Kier molecular flexibility index (Phi) is 5.41. The molecule has 0 aliphatic heterocycles. The number of hydrogen-bond donors (Lipinski definition) is 2. The Hall–Kier alpha value is -1.98. The zero-order chi connectivity index (χ0) is 14.4. The van der Waals surface area contributed by atoms with Crippen molar-refractivity contribution in [3.63, 3.8) is 0 Å². The van der Waals surface area contributed by atoms with Crippen LogP contribution in [0.1, 0.15) is 20.3 Å². The molecular weight excluding hydrogens is 254 g/mol. The number of carbonyl (C=O) groups is 2. The van der Waals surface area contributed by atoms with E-state index >= 15 is 0 Å². The maximum atomic E-state index is 13.2. The van der Waals surface area contributed by atoms with Gasteiger partial charge in [0.1, 0.15) is 18.1 Å². The quantitative estimate of drug-likeness (QED) is 0.805. The summed E-state index contributed by atoms with van der Waals surface area (Å²) in [5.74, 6) is -2.41. The van der Waals surface area contributed by atoms with Crippen LogP contribution in [-0.4, -0.2) is 18.4 Å². The molecule has 0 spiro atoms. The van der Waals surface area contributed by atoms with Crippen LogP contribution in [0.4, 0.5) is 14.5 Å². The van der Waals surface area contributed by atoms with Gasteiger partial charge in [-0.1, -0.05) is 13.8 Å². The van der Waals surface area contributed by atoms with Crippen LogP contribution in [0.15, 0.2) is 18.2 Å². The molecule has 0 aliphatic rings. The van der Waals surface area contributed by atoms with Crippen LogP contribution >= 0.6 is 0 Å². The number of halogens is 2. The van der Waals surface area contributed by atoms with Crippen molar-refractivity contribution in [2.75, 3.05) is 11.9 Å². The number of benzene rings is 1. The summed E-state index contributed by atoms with van der Waals surface area (Å²) in [6, 6.07) is 2.79. The summed E-state index contributed by atoms with van der Waals surface area (Å²) in [7, 11) is 0. The first kappa shape index (κ1) is 15.1. The summed E-state index contributed by atoms with van der Waals surface area (Å²) in [5, 5.41) is 4.78. The van der Waals surface area contributed by atoms with Crippen LogP contribution in [0.25, 0.3) is 0 Å². The van der Waals surface area contributed by atoms with Gasteiger partial charge in [-0.05, 0) is 18.1 Å². The van der Waals surface area contributed by atoms with Gasteiger partial charge in [-0.3, -0.25) is 9.59 Å². The minimum absolute atomic E-state index is 0.150. The molecule has 6 heteroatoms. The third-order valence-corrected chi connectivity index (χ3v) is 2.23. The molecule has 2 N–H and O–H groups in total. The van der Waals surface area contributed by atoms with Crippen LogP contribution in [0.5, 0.6) is 0 Å². The summed E-state index contributed by atoms with van der Waals surface area (Å²) in [6.45, 7) is 4.32. The van der Waals surface area contributed by atoms with Crippen molar-refractivity contribution in [3.05, 3.63) is 29.8 Å². The van der Waals surface area contributed by atoms with Crippen LogP contribution in [-0.2, 0) is 9.59 Å². The molecule has 0 heterocycles. The van der Waals surface area contributed by atoms with Gasteiger partial charge in [0.15, 0.2) is 0 Å². The third kappa shape index (κ3) is 5.46. The Bertz CT molecular complexity index is 476. The normalized spacial score (nSPS) is 10.4. The Morgan fingerprint density at radius 1 is 1.21 bits per heavy atom. The van der Waals surface area contributed by atoms with Gasteiger partial charge in [-0.15, -0.1) is 0 Å². The van der Waals surface area contributed by atoms with Gasteiger partial charge >= 0.3 is 0 Å². The summed E-state index contributed by atoms with van der Waals surface area (Å²) in [5.41, 5.74) is -0.150.